The van der Waals surface area contributed by atoms with Gasteiger partial charge in [-0.25, -0.2) is 0 Å². The minimum atomic E-state index is -3.75. The molecule has 0 bridgehead atoms. The molecule has 0 aliphatic carbocycles. The summed E-state index contributed by atoms with van der Waals surface area (Å²) in [5, 5.41) is 0.330. The Morgan fingerprint density at radius 1 is 1.31 bits per heavy atom. The average Bonchev–Trinajstić information content (AvgIpc) is 2.27. The van der Waals surface area contributed by atoms with Crippen LogP contribution in [0.3, 0.4) is 0 Å². The van der Waals surface area contributed by atoms with Crippen LogP contribution >= 0.6 is 7.60 Å². The molecule has 86 valence electrons. The lowest BCUT2D eigenvalue weighted by Gasteiger charge is -2.14. The summed E-state index contributed by atoms with van der Waals surface area (Å²) >= 11 is 0. The van der Waals surface area contributed by atoms with Crippen LogP contribution in [-0.2, 0) is 15.5 Å². The normalized spacial score (nSPS) is 14.1. The molecular weight excluding hydrogens is 223 g/mol. The molecule has 0 saturated heterocycles. The molecule has 0 saturated carbocycles. The van der Waals surface area contributed by atoms with Gasteiger partial charge >= 0.3 is 7.60 Å². The van der Waals surface area contributed by atoms with E-state index in [1.54, 1.807) is 24.3 Å². The van der Waals surface area contributed by atoms with Crippen molar-refractivity contribution in [2.24, 2.45) is 0 Å². The van der Waals surface area contributed by atoms with Gasteiger partial charge in [-0.2, -0.15) is 0 Å². The van der Waals surface area contributed by atoms with Gasteiger partial charge in [-0.3, -0.25) is 4.57 Å². The van der Waals surface area contributed by atoms with Gasteiger partial charge in [0.15, 0.2) is 0 Å². The van der Waals surface area contributed by atoms with Crippen molar-refractivity contribution in [2.75, 3.05) is 6.61 Å². The maximum atomic E-state index is 11.9. The van der Waals surface area contributed by atoms with Crippen LogP contribution in [0.4, 0.5) is 0 Å². The van der Waals surface area contributed by atoms with E-state index in [2.05, 4.69) is 13.2 Å². The molecule has 0 fully saturated rings. The predicted octanol–water partition coefficient (Wildman–Crippen LogP) is 2.43. The van der Waals surface area contributed by atoms with Crippen LogP contribution in [0.5, 0.6) is 0 Å². The third-order valence-corrected chi connectivity index (χ3v) is 3.57. The summed E-state index contributed by atoms with van der Waals surface area (Å²) in [5.74, 6) is 0. The summed E-state index contributed by atoms with van der Waals surface area (Å²) in [5.41, 5.74) is 0.757. The van der Waals surface area contributed by atoms with E-state index in [-0.39, 0.29) is 6.61 Å². The molecule has 0 aromatic heterocycles. The van der Waals surface area contributed by atoms with Crippen LogP contribution in [-0.4, -0.2) is 11.5 Å². The molecule has 0 radical (unpaired) electrons. The van der Waals surface area contributed by atoms with Crippen molar-refractivity contribution in [3.05, 3.63) is 55.1 Å². The monoisotopic (exact) mass is 238 g/mol. The van der Waals surface area contributed by atoms with Crippen LogP contribution < -0.4 is 5.30 Å². The Kier molecular flexibility index (Phi) is 4.69. The highest BCUT2D eigenvalue weighted by Gasteiger charge is 2.24. The summed E-state index contributed by atoms with van der Waals surface area (Å²) in [6.45, 7) is 7.11. The van der Waals surface area contributed by atoms with Gasteiger partial charge in [-0.1, -0.05) is 30.4 Å². The molecule has 0 heterocycles. The van der Waals surface area contributed by atoms with Gasteiger partial charge in [0.1, 0.15) is 0 Å². The highest BCUT2D eigenvalue weighted by molar-refractivity contribution is 7.61. The predicted molar refractivity (Wildman–Crippen MR) is 66.0 cm³/mol. The Labute approximate surface area is 95.6 Å². The van der Waals surface area contributed by atoms with Gasteiger partial charge in [0, 0.05) is 0 Å². The zero-order valence-corrected chi connectivity index (χ0v) is 9.90. The topological polar surface area (TPSA) is 46.5 Å². The number of hydrogen-bond donors (Lipinski definition) is 1. The Morgan fingerprint density at radius 2 is 2.00 bits per heavy atom. The second-order valence-corrected chi connectivity index (χ2v) is 5.01. The third-order valence-electron chi connectivity index (χ3n) is 2.03. The lowest BCUT2D eigenvalue weighted by molar-refractivity contribution is 0.298. The fraction of sp³-hybridized carbons (Fsp3) is 0.167. The molecule has 3 nitrogen and oxygen atoms in total. The fourth-order valence-corrected chi connectivity index (χ4v) is 2.59. The zero-order valence-electron chi connectivity index (χ0n) is 9.00. The maximum Gasteiger partial charge on any atom is 0.359 e. The van der Waals surface area contributed by atoms with E-state index in [4.69, 9.17) is 4.52 Å². The van der Waals surface area contributed by atoms with Gasteiger partial charge in [-0.05, 0) is 18.1 Å². The van der Waals surface area contributed by atoms with Crippen molar-refractivity contribution in [2.45, 2.75) is 6.42 Å². The highest BCUT2D eigenvalue weighted by atomic mass is 31.2. The van der Waals surface area contributed by atoms with Gasteiger partial charge in [-0.15, -0.1) is 13.2 Å². The second-order valence-electron chi connectivity index (χ2n) is 3.23. The molecule has 1 rings (SSSR count). The molecule has 4 heteroatoms. The first-order valence-corrected chi connectivity index (χ1v) is 6.47. The van der Waals surface area contributed by atoms with Crippen LogP contribution in [0.1, 0.15) is 5.56 Å². The molecule has 0 spiro atoms. The lowest BCUT2D eigenvalue weighted by Crippen LogP contribution is -2.12. The van der Waals surface area contributed by atoms with E-state index in [1.807, 2.05) is 6.07 Å². The number of benzene rings is 1. The third kappa shape index (κ3) is 3.17. The Hall–Kier alpha value is -1.15. The minimum absolute atomic E-state index is 0.0518. The van der Waals surface area contributed by atoms with Crippen molar-refractivity contribution in [1.82, 2.24) is 0 Å². The fourth-order valence-electron chi connectivity index (χ4n) is 1.34. The van der Waals surface area contributed by atoms with E-state index in [0.29, 0.717) is 11.7 Å². The molecule has 1 aromatic rings. The summed E-state index contributed by atoms with van der Waals surface area (Å²) < 4.78 is 16.8. The van der Waals surface area contributed by atoms with Gasteiger partial charge in [0.25, 0.3) is 0 Å². The standard InChI is InChI=1S/C12H15O3P/c1-3-7-11-8-5-6-9-12(11)16(13,14)15-10-4-2/h3-6,8-9H,1-2,7,10H2,(H,13,14). The quantitative estimate of drug-likeness (QED) is 0.611. The van der Waals surface area contributed by atoms with E-state index < -0.39 is 7.60 Å². The SMILES string of the molecule is C=CCOP(=O)(O)c1ccccc1CC=C. The summed E-state index contributed by atoms with van der Waals surface area (Å²) in [6, 6.07) is 6.91. The second kappa shape index (κ2) is 5.80. The van der Waals surface area contributed by atoms with E-state index in [0.717, 1.165) is 5.56 Å². The van der Waals surface area contributed by atoms with E-state index in [1.165, 1.54) is 6.08 Å². The lowest BCUT2D eigenvalue weighted by atomic mass is 10.1. The largest absolute Gasteiger partial charge is 0.359 e. The summed E-state index contributed by atoms with van der Waals surface area (Å²) in [6.07, 6.45) is 3.67. The first-order chi connectivity index (χ1) is 7.61. The molecule has 1 unspecified atom stereocenters. The molecule has 1 N–H and O–H groups in total. The van der Waals surface area contributed by atoms with E-state index in [9.17, 15) is 9.46 Å². The number of allylic oxidation sites excluding steroid dienone is 1. The van der Waals surface area contributed by atoms with E-state index >= 15 is 0 Å². The Morgan fingerprint density at radius 3 is 2.62 bits per heavy atom. The molecule has 1 aromatic carbocycles. The number of rotatable bonds is 6. The number of hydrogen-bond acceptors (Lipinski definition) is 2. The molecule has 0 aliphatic heterocycles. The van der Waals surface area contributed by atoms with Crippen molar-refractivity contribution in [3.63, 3.8) is 0 Å². The van der Waals surface area contributed by atoms with Crippen molar-refractivity contribution in [1.29, 1.82) is 0 Å². The van der Waals surface area contributed by atoms with Crippen molar-refractivity contribution < 1.29 is 14.0 Å². The molecule has 0 amide bonds. The molecule has 1 atom stereocenters. The van der Waals surface area contributed by atoms with Crippen LogP contribution in [0.15, 0.2) is 49.6 Å². The van der Waals surface area contributed by atoms with Gasteiger partial charge in [0.05, 0.1) is 11.9 Å². The Bertz CT molecular complexity index is 426. The average molecular weight is 238 g/mol. The first-order valence-electron chi connectivity index (χ1n) is 4.89. The van der Waals surface area contributed by atoms with Crippen LogP contribution in [0.2, 0.25) is 0 Å². The zero-order chi connectivity index (χ0) is 12.0. The minimum Gasteiger partial charge on any atom is -0.321 e. The highest BCUT2D eigenvalue weighted by Crippen LogP contribution is 2.41. The summed E-state index contributed by atoms with van der Waals surface area (Å²) in [7, 11) is -3.75. The van der Waals surface area contributed by atoms with Crippen molar-refractivity contribution in [3.8, 4) is 0 Å². The maximum absolute atomic E-state index is 11.9. The Balaban J connectivity index is 3.05. The van der Waals surface area contributed by atoms with Crippen molar-refractivity contribution >= 4 is 12.9 Å². The smallest absolute Gasteiger partial charge is 0.321 e. The van der Waals surface area contributed by atoms with Crippen LogP contribution in [0.25, 0.3) is 0 Å². The summed E-state index contributed by atoms with van der Waals surface area (Å²) in [4.78, 5) is 9.78. The van der Waals surface area contributed by atoms with Crippen LogP contribution in [0, 0.1) is 0 Å². The molecule has 0 aliphatic rings. The van der Waals surface area contributed by atoms with Gasteiger partial charge in [0.2, 0.25) is 0 Å². The van der Waals surface area contributed by atoms with Gasteiger partial charge < -0.3 is 9.42 Å². The molecule has 16 heavy (non-hydrogen) atoms. The first kappa shape index (κ1) is 12.9. The molecular formula is C12H15O3P.